The van der Waals surface area contributed by atoms with Crippen LogP contribution in [0.5, 0.6) is 0 Å². The van der Waals surface area contributed by atoms with Crippen molar-refractivity contribution in [2.24, 2.45) is 0 Å². The number of carboxylic acid groups (broad SMARTS) is 1. The number of carboxylic acids is 1. The van der Waals surface area contributed by atoms with Crippen LogP contribution in [0.2, 0.25) is 0 Å². The molecule has 0 aliphatic rings. The normalized spacial score (nSPS) is 10.6. The Labute approximate surface area is 126 Å². The van der Waals surface area contributed by atoms with E-state index in [2.05, 4.69) is 9.97 Å². The molecule has 0 spiro atoms. The number of aromatic amines is 1. The van der Waals surface area contributed by atoms with E-state index < -0.39 is 5.97 Å². The SMILES string of the molecule is CCc1c(C)nc(SCc2ccc(C(=O)O)cc2)[nH]c1=O. The molecule has 0 aliphatic heterocycles. The molecule has 5 nitrogen and oxygen atoms in total. The zero-order valence-corrected chi connectivity index (χ0v) is 12.7. The van der Waals surface area contributed by atoms with Crippen LogP contribution in [0.4, 0.5) is 0 Å². The van der Waals surface area contributed by atoms with Crippen molar-refractivity contribution in [3.63, 3.8) is 0 Å². The maximum atomic E-state index is 11.8. The van der Waals surface area contributed by atoms with Crippen LogP contribution < -0.4 is 5.56 Å². The number of nitrogens with one attached hydrogen (secondary N) is 1. The van der Waals surface area contributed by atoms with E-state index in [1.807, 2.05) is 13.8 Å². The number of aromatic carboxylic acids is 1. The number of H-pyrrole nitrogens is 1. The highest BCUT2D eigenvalue weighted by molar-refractivity contribution is 7.98. The molecule has 21 heavy (non-hydrogen) atoms. The topological polar surface area (TPSA) is 83.0 Å². The van der Waals surface area contributed by atoms with Gasteiger partial charge in [-0.25, -0.2) is 9.78 Å². The van der Waals surface area contributed by atoms with Crippen molar-refractivity contribution >= 4 is 17.7 Å². The van der Waals surface area contributed by atoms with Gasteiger partial charge in [0.25, 0.3) is 5.56 Å². The van der Waals surface area contributed by atoms with E-state index in [-0.39, 0.29) is 11.1 Å². The standard InChI is InChI=1S/C15H16N2O3S/c1-3-12-9(2)16-15(17-13(12)18)21-8-10-4-6-11(7-5-10)14(19)20/h4-7H,3,8H2,1-2H3,(H,19,20)(H,16,17,18). The summed E-state index contributed by atoms with van der Waals surface area (Å²) in [7, 11) is 0. The van der Waals surface area contributed by atoms with Gasteiger partial charge >= 0.3 is 5.97 Å². The van der Waals surface area contributed by atoms with Crippen LogP contribution >= 0.6 is 11.8 Å². The van der Waals surface area contributed by atoms with Gasteiger partial charge < -0.3 is 10.1 Å². The van der Waals surface area contributed by atoms with E-state index in [0.717, 1.165) is 11.3 Å². The summed E-state index contributed by atoms with van der Waals surface area (Å²) < 4.78 is 0. The third-order valence-electron chi connectivity index (χ3n) is 3.13. The minimum atomic E-state index is -0.939. The Hall–Kier alpha value is -2.08. The lowest BCUT2D eigenvalue weighted by atomic mass is 10.1. The van der Waals surface area contributed by atoms with Gasteiger partial charge in [0.1, 0.15) is 0 Å². The Balaban J connectivity index is 2.09. The van der Waals surface area contributed by atoms with Crippen LogP contribution in [0.1, 0.15) is 34.1 Å². The molecule has 0 unspecified atom stereocenters. The van der Waals surface area contributed by atoms with E-state index in [1.165, 1.54) is 11.8 Å². The van der Waals surface area contributed by atoms with Crippen LogP contribution in [0, 0.1) is 6.92 Å². The highest BCUT2D eigenvalue weighted by Gasteiger charge is 2.07. The number of thioether (sulfide) groups is 1. The van der Waals surface area contributed by atoms with E-state index in [4.69, 9.17) is 5.11 Å². The molecule has 0 radical (unpaired) electrons. The Morgan fingerprint density at radius 2 is 2.00 bits per heavy atom. The molecule has 0 saturated carbocycles. The van der Waals surface area contributed by atoms with E-state index >= 15 is 0 Å². The molecule has 0 atom stereocenters. The molecule has 110 valence electrons. The number of hydrogen-bond acceptors (Lipinski definition) is 4. The van der Waals surface area contributed by atoms with Gasteiger partial charge in [0.2, 0.25) is 0 Å². The number of aryl methyl sites for hydroxylation is 1. The largest absolute Gasteiger partial charge is 0.478 e. The molecular weight excluding hydrogens is 288 g/mol. The fourth-order valence-corrected chi connectivity index (χ4v) is 2.83. The fourth-order valence-electron chi connectivity index (χ4n) is 1.96. The number of nitrogens with zero attached hydrogens (tertiary/aromatic N) is 1. The number of rotatable bonds is 5. The summed E-state index contributed by atoms with van der Waals surface area (Å²) in [6.45, 7) is 3.76. The molecule has 2 N–H and O–H groups in total. The van der Waals surface area contributed by atoms with Crippen LogP contribution in [-0.4, -0.2) is 21.0 Å². The van der Waals surface area contributed by atoms with Gasteiger partial charge in [0.05, 0.1) is 5.56 Å². The van der Waals surface area contributed by atoms with Gasteiger partial charge in [0, 0.05) is 17.0 Å². The van der Waals surface area contributed by atoms with Gasteiger partial charge in [0.15, 0.2) is 5.16 Å². The number of carbonyl (C=O) groups is 1. The van der Waals surface area contributed by atoms with Crippen LogP contribution in [-0.2, 0) is 12.2 Å². The predicted octanol–water partition coefficient (Wildman–Crippen LogP) is 2.63. The summed E-state index contributed by atoms with van der Waals surface area (Å²) >= 11 is 1.42. The molecule has 0 saturated heterocycles. The average molecular weight is 304 g/mol. The molecule has 1 aromatic carbocycles. The second-order valence-corrected chi connectivity index (χ2v) is 5.54. The Morgan fingerprint density at radius 3 is 2.52 bits per heavy atom. The first-order valence-corrected chi connectivity index (χ1v) is 7.54. The summed E-state index contributed by atoms with van der Waals surface area (Å²) in [5.74, 6) is -0.320. The minimum Gasteiger partial charge on any atom is -0.478 e. The Kier molecular flexibility index (Phi) is 4.80. The third-order valence-corrected chi connectivity index (χ3v) is 4.07. The van der Waals surface area contributed by atoms with Crippen molar-refractivity contribution < 1.29 is 9.90 Å². The van der Waals surface area contributed by atoms with Crippen molar-refractivity contribution in [1.29, 1.82) is 0 Å². The first-order valence-electron chi connectivity index (χ1n) is 6.56. The summed E-state index contributed by atoms with van der Waals surface area (Å²) in [5, 5.41) is 9.42. The van der Waals surface area contributed by atoms with Gasteiger partial charge in [-0.2, -0.15) is 0 Å². The Morgan fingerprint density at radius 1 is 1.33 bits per heavy atom. The quantitative estimate of drug-likeness (QED) is 0.655. The van der Waals surface area contributed by atoms with E-state index in [0.29, 0.717) is 22.9 Å². The second kappa shape index (κ2) is 6.58. The number of benzene rings is 1. The highest BCUT2D eigenvalue weighted by atomic mass is 32.2. The molecule has 0 aliphatic carbocycles. The monoisotopic (exact) mass is 304 g/mol. The van der Waals surface area contributed by atoms with Crippen LogP contribution in [0.25, 0.3) is 0 Å². The summed E-state index contributed by atoms with van der Waals surface area (Å²) in [6.07, 6.45) is 0.662. The van der Waals surface area contributed by atoms with E-state index in [1.54, 1.807) is 24.3 Å². The molecule has 0 fully saturated rings. The third kappa shape index (κ3) is 3.72. The maximum absolute atomic E-state index is 11.8. The van der Waals surface area contributed by atoms with Crippen LogP contribution in [0.15, 0.2) is 34.2 Å². The summed E-state index contributed by atoms with van der Waals surface area (Å²) in [4.78, 5) is 29.8. The van der Waals surface area contributed by atoms with Gasteiger partial charge in [-0.3, -0.25) is 4.79 Å². The lowest BCUT2D eigenvalue weighted by Crippen LogP contribution is -2.16. The van der Waals surface area contributed by atoms with Crippen molar-refractivity contribution in [3.8, 4) is 0 Å². The zero-order chi connectivity index (χ0) is 15.4. The van der Waals surface area contributed by atoms with Gasteiger partial charge in [-0.15, -0.1) is 0 Å². The molecular formula is C15H16N2O3S. The fraction of sp³-hybridized carbons (Fsp3) is 0.267. The number of hydrogen-bond donors (Lipinski definition) is 2. The first kappa shape index (κ1) is 15.3. The predicted molar refractivity (Wildman–Crippen MR) is 81.9 cm³/mol. The van der Waals surface area contributed by atoms with Crippen molar-refractivity contribution in [3.05, 3.63) is 57.0 Å². The molecule has 0 bridgehead atoms. The second-order valence-electron chi connectivity index (χ2n) is 4.58. The summed E-state index contributed by atoms with van der Waals surface area (Å²) in [5.41, 5.74) is 2.62. The van der Waals surface area contributed by atoms with Gasteiger partial charge in [-0.1, -0.05) is 30.8 Å². The molecule has 0 amide bonds. The average Bonchev–Trinajstić information content (AvgIpc) is 2.45. The van der Waals surface area contributed by atoms with Crippen LogP contribution in [0.3, 0.4) is 0 Å². The maximum Gasteiger partial charge on any atom is 0.335 e. The Bertz CT molecular complexity index is 708. The number of aromatic nitrogens is 2. The minimum absolute atomic E-state index is 0.0891. The molecule has 6 heteroatoms. The highest BCUT2D eigenvalue weighted by Crippen LogP contribution is 2.19. The molecule has 2 aromatic rings. The van der Waals surface area contributed by atoms with Crippen molar-refractivity contribution in [1.82, 2.24) is 9.97 Å². The lowest BCUT2D eigenvalue weighted by Gasteiger charge is -2.05. The summed E-state index contributed by atoms with van der Waals surface area (Å²) in [6, 6.07) is 6.67. The van der Waals surface area contributed by atoms with Gasteiger partial charge in [-0.05, 0) is 31.0 Å². The molecule has 1 heterocycles. The van der Waals surface area contributed by atoms with Crippen molar-refractivity contribution in [2.45, 2.75) is 31.2 Å². The van der Waals surface area contributed by atoms with Crippen molar-refractivity contribution in [2.75, 3.05) is 0 Å². The zero-order valence-electron chi connectivity index (χ0n) is 11.8. The molecule has 2 rings (SSSR count). The van der Waals surface area contributed by atoms with E-state index in [9.17, 15) is 9.59 Å². The smallest absolute Gasteiger partial charge is 0.335 e. The molecule has 1 aromatic heterocycles. The first-order chi connectivity index (χ1) is 10.0. The lowest BCUT2D eigenvalue weighted by molar-refractivity contribution is 0.0697.